The number of nitrogens with one attached hydrogen (secondary N) is 2. The Morgan fingerprint density at radius 2 is 2.50 bits per heavy atom. The molecule has 1 fully saturated rings. The van der Waals surface area contributed by atoms with Crippen molar-refractivity contribution < 1.29 is 0 Å². The Balaban J connectivity index is 1.75. The predicted octanol–water partition coefficient (Wildman–Crippen LogP) is 0.851. The Hall–Kier alpha value is -0.800. The summed E-state index contributed by atoms with van der Waals surface area (Å²) in [5, 5.41) is 3.46. The van der Waals surface area contributed by atoms with Crippen LogP contribution in [-0.4, -0.2) is 42.1 Å². The van der Waals surface area contributed by atoms with Gasteiger partial charge in [-0.2, -0.15) is 0 Å². The van der Waals surface area contributed by atoms with Gasteiger partial charge in [-0.1, -0.05) is 0 Å². The first kappa shape index (κ1) is 9.74. The minimum Gasteiger partial charge on any atom is -0.365 e. The summed E-state index contributed by atoms with van der Waals surface area (Å²) in [5.74, 6) is 0. The molecule has 1 unspecified atom stereocenters. The first-order valence-electron chi connectivity index (χ1n) is 5.42. The maximum Gasteiger partial charge on any atom is 0.0167 e. The first-order chi connectivity index (χ1) is 6.84. The van der Waals surface area contributed by atoms with Crippen molar-refractivity contribution in [3.8, 4) is 0 Å². The second-order valence-electron chi connectivity index (χ2n) is 4.10. The van der Waals surface area contributed by atoms with E-state index in [2.05, 4.69) is 34.3 Å². The summed E-state index contributed by atoms with van der Waals surface area (Å²) in [6.45, 7) is 6.92. The van der Waals surface area contributed by atoms with Crippen molar-refractivity contribution in [2.45, 2.75) is 19.4 Å². The van der Waals surface area contributed by atoms with Gasteiger partial charge >= 0.3 is 0 Å². The highest BCUT2D eigenvalue weighted by Crippen LogP contribution is 2.02. The molecule has 1 aliphatic rings. The van der Waals surface area contributed by atoms with Gasteiger partial charge in [0, 0.05) is 50.5 Å². The molecule has 0 bridgehead atoms. The van der Waals surface area contributed by atoms with E-state index in [4.69, 9.17) is 0 Å². The third-order valence-corrected chi connectivity index (χ3v) is 2.81. The van der Waals surface area contributed by atoms with Crippen molar-refractivity contribution in [1.29, 1.82) is 0 Å². The maximum absolute atomic E-state index is 3.46. The molecule has 2 heterocycles. The van der Waals surface area contributed by atoms with Gasteiger partial charge in [0.2, 0.25) is 0 Å². The van der Waals surface area contributed by atoms with Crippen LogP contribution in [0.2, 0.25) is 0 Å². The molecular weight excluding hydrogens is 174 g/mol. The molecular formula is C11H19N3. The summed E-state index contributed by atoms with van der Waals surface area (Å²) in [7, 11) is 0. The molecule has 0 saturated carbocycles. The molecule has 0 aromatic carbocycles. The van der Waals surface area contributed by atoms with Gasteiger partial charge in [0.15, 0.2) is 0 Å². The number of hydrogen-bond donors (Lipinski definition) is 2. The summed E-state index contributed by atoms with van der Waals surface area (Å²) in [6, 6.07) is 4.87. The Morgan fingerprint density at radius 3 is 3.21 bits per heavy atom. The molecule has 78 valence electrons. The van der Waals surface area contributed by atoms with Gasteiger partial charge in [-0.25, -0.2) is 0 Å². The van der Waals surface area contributed by atoms with Gasteiger partial charge in [-0.05, 0) is 19.1 Å². The van der Waals surface area contributed by atoms with E-state index in [-0.39, 0.29) is 0 Å². The summed E-state index contributed by atoms with van der Waals surface area (Å²) in [4.78, 5) is 5.78. The zero-order chi connectivity index (χ0) is 9.80. The first-order valence-corrected chi connectivity index (χ1v) is 5.42. The van der Waals surface area contributed by atoms with Crippen LogP contribution in [0.1, 0.15) is 12.6 Å². The van der Waals surface area contributed by atoms with Crippen molar-refractivity contribution >= 4 is 0 Å². The Kier molecular flexibility index (Phi) is 3.22. The molecule has 1 aromatic heterocycles. The molecule has 1 aliphatic heterocycles. The van der Waals surface area contributed by atoms with E-state index in [9.17, 15) is 0 Å². The fourth-order valence-corrected chi connectivity index (χ4v) is 2.02. The molecule has 0 aliphatic carbocycles. The molecule has 1 saturated heterocycles. The number of H-pyrrole nitrogens is 1. The lowest BCUT2D eigenvalue weighted by Gasteiger charge is -2.31. The van der Waals surface area contributed by atoms with Crippen molar-refractivity contribution in [2.75, 3.05) is 26.2 Å². The second-order valence-corrected chi connectivity index (χ2v) is 4.10. The van der Waals surface area contributed by atoms with Crippen molar-refractivity contribution in [2.24, 2.45) is 0 Å². The SMILES string of the molecule is CC1CN(CCc2ccc[nH]2)CCN1. The van der Waals surface area contributed by atoms with Crippen LogP contribution in [-0.2, 0) is 6.42 Å². The zero-order valence-electron chi connectivity index (χ0n) is 8.79. The zero-order valence-corrected chi connectivity index (χ0v) is 8.79. The average Bonchev–Trinajstić information content (AvgIpc) is 2.67. The third kappa shape index (κ3) is 2.59. The Bertz CT molecular complexity index is 256. The number of rotatable bonds is 3. The monoisotopic (exact) mass is 193 g/mol. The fraction of sp³-hybridized carbons (Fsp3) is 0.636. The highest BCUT2D eigenvalue weighted by molar-refractivity contribution is 5.03. The van der Waals surface area contributed by atoms with Crippen LogP contribution in [0.25, 0.3) is 0 Å². The molecule has 3 nitrogen and oxygen atoms in total. The number of aromatic amines is 1. The fourth-order valence-electron chi connectivity index (χ4n) is 2.02. The van der Waals surface area contributed by atoms with Crippen LogP contribution >= 0.6 is 0 Å². The van der Waals surface area contributed by atoms with Crippen molar-refractivity contribution in [3.63, 3.8) is 0 Å². The van der Waals surface area contributed by atoms with Crippen LogP contribution in [0.15, 0.2) is 18.3 Å². The van der Waals surface area contributed by atoms with Crippen molar-refractivity contribution in [1.82, 2.24) is 15.2 Å². The van der Waals surface area contributed by atoms with E-state index < -0.39 is 0 Å². The van der Waals surface area contributed by atoms with Crippen molar-refractivity contribution in [3.05, 3.63) is 24.0 Å². The van der Waals surface area contributed by atoms with Crippen LogP contribution in [0.5, 0.6) is 0 Å². The number of aromatic nitrogens is 1. The van der Waals surface area contributed by atoms with E-state index in [0.29, 0.717) is 6.04 Å². The standard InChI is InChI=1S/C11H19N3/c1-10-9-14(8-6-12-10)7-4-11-3-2-5-13-11/h2-3,5,10,12-13H,4,6-9H2,1H3. The van der Waals surface area contributed by atoms with Crippen LogP contribution in [0, 0.1) is 0 Å². The van der Waals surface area contributed by atoms with E-state index in [1.165, 1.54) is 25.3 Å². The van der Waals surface area contributed by atoms with Gasteiger partial charge in [-0.15, -0.1) is 0 Å². The van der Waals surface area contributed by atoms with Gasteiger partial charge < -0.3 is 15.2 Å². The minimum atomic E-state index is 0.646. The maximum atomic E-state index is 3.46. The molecule has 1 aromatic rings. The summed E-state index contributed by atoms with van der Waals surface area (Å²) < 4.78 is 0. The molecule has 3 heteroatoms. The highest BCUT2D eigenvalue weighted by atomic mass is 15.2. The van der Waals surface area contributed by atoms with E-state index in [1.54, 1.807) is 0 Å². The third-order valence-electron chi connectivity index (χ3n) is 2.81. The normalized spacial score (nSPS) is 23.9. The quantitative estimate of drug-likeness (QED) is 0.745. The average molecular weight is 193 g/mol. The topological polar surface area (TPSA) is 31.1 Å². The Morgan fingerprint density at radius 1 is 1.57 bits per heavy atom. The molecule has 0 radical (unpaired) electrons. The second kappa shape index (κ2) is 4.62. The number of nitrogens with zero attached hydrogens (tertiary/aromatic N) is 1. The molecule has 0 amide bonds. The van der Waals surface area contributed by atoms with Gasteiger partial charge in [0.25, 0.3) is 0 Å². The molecule has 2 N–H and O–H groups in total. The van der Waals surface area contributed by atoms with Crippen LogP contribution in [0.4, 0.5) is 0 Å². The molecule has 0 spiro atoms. The van der Waals surface area contributed by atoms with Crippen LogP contribution in [0.3, 0.4) is 0 Å². The Labute approximate surface area is 85.5 Å². The van der Waals surface area contributed by atoms with E-state index in [0.717, 1.165) is 13.0 Å². The van der Waals surface area contributed by atoms with Gasteiger partial charge in [0.05, 0.1) is 0 Å². The summed E-state index contributed by atoms with van der Waals surface area (Å²) >= 11 is 0. The number of hydrogen-bond acceptors (Lipinski definition) is 2. The van der Waals surface area contributed by atoms with Crippen LogP contribution < -0.4 is 5.32 Å². The molecule has 1 atom stereocenters. The number of piperazine rings is 1. The smallest absolute Gasteiger partial charge is 0.0167 e. The van der Waals surface area contributed by atoms with Gasteiger partial charge in [0.1, 0.15) is 0 Å². The lowest BCUT2D eigenvalue weighted by molar-refractivity contribution is 0.209. The predicted molar refractivity (Wildman–Crippen MR) is 58.4 cm³/mol. The highest BCUT2D eigenvalue weighted by Gasteiger charge is 2.14. The van der Waals surface area contributed by atoms with E-state index >= 15 is 0 Å². The largest absolute Gasteiger partial charge is 0.365 e. The lowest BCUT2D eigenvalue weighted by Crippen LogP contribution is -2.49. The lowest BCUT2D eigenvalue weighted by atomic mass is 10.2. The molecule has 14 heavy (non-hydrogen) atoms. The van der Waals surface area contributed by atoms with E-state index in [1.807, 2.05) is 6.20 Å². The summed E-state index contributed by atoms with van der Waals surface area (Å²) in [6.07, 6.45) is 3.13. The molecule has 2 rings (SSSR count). The minimum absolute atomic E-state index is 0.646. The summed E-state index contributed by atoms with van der Waals surface area (Å²) in [5.41, 5.74) is 1.34. The van der Waals surface area contributed by atoms with Gasteiger partial charge in [-0.3, -0.25) is 0 Å².